The molecule has 0 saturated carbocycles. The number of halogens is 1. The second kappa shape index (κ2) is 16.9. The molecule has 2 bridgehead atoms. The van der Waals surface area contributed by atoms with E-state index < -0.39 is 47.7 Å². The second-order valence-corrected chi connectivity index (χ2v) is 14.8. The number of benzene rings is 1. The van der Waals surface area contributed by atoms with Crippen LogP contribution in [0.4, 0.5) is 0 Å². The summed E-state index contributed by atoms with van der Waals surface area (Å²) in [7, 11) is 1.69. The molecule has 1 aromatic carbocycles. The summed E-state index contributed by atoms with van der Waals surface area (Å²) in [5, 5.41) is 9.76. The average molecular weight is 760 g/mol. The molecule has 1 spiro atoms. The van der Waals surface area contributed by atoms with Gasteiger partial charge in [0.15, 0.2) is 0 Å². The number of aliphatic hydroxyl groups is 1. The lowest BCUT2D eigenvalue weighted by molar-refractivity contribution is -0.164. The van der Waals surface area contributed by atoms with E-state index in [0.29, 0.717) is 44.7 Å². The minimum absolute atomic E-state index is 0.110. The van der Waals surface area contributed by atoms with Gasteiger partial charge in [0.05, 0.1) is 37.2 Å². The van der Waals surface area contributed by atoms with Crippen LogP contribution >= 0.6 is 15.9 Å². The Labute approximate surface area is 303 Å². The lowest BCUT2D eigenvalue weighted by atomic mass is 9.70. The van der Waals surface area contributed by atoms with Gasteiger partial charge < -0.3 is 34.0 Å². The topological polar surface area (TPSA) is 129 Å². The molecule has 1 N–H and O–H groups in total. The van der Waals surface area contributed by atoms with Crippen molar-refractivity contribution in [1.82, 2.24) is 19.6 Å². The van der Waals surface area contributed by atoms with Gasteiger partial charge >= 0.3 is 5.97 Å². The number of fused-ring (bicyclic) bond motifs is 1. The van der Waals surface area contributed by atoms with Crippen molar-refractivity contribution in [3.63, 3.8) is 0 Å². The van der Waals surface area contributed by atoms with Crippen LogP contribution in [0, 0.1) is 11.8 Å². The Hall–Kier alpha value is -3.10. The monoisotopic (exact) mass is 758 g/mol. The lowest BCUT2D eigenvalue weighted by Gasteiger charge is -2.38. The van der Waals surface area contributed by atoms with Crippen LogP contribution in [-0.2, 0) is 33.4 Å². The number of amides is 3. The number of likely N-dealkylation sites (N-methyl/N-ethyl adjacent to an activating group) is 1. The third-order valence-electron chi connectivity index (χ3n) is 10.7. The van der Waals surface area contributed by atoms with E-state index in [2.05, 4.69) is 34.0 Å². The number of allylic oxidation sites excluding steroid dienone is 1. The smallest absolute Gasteiger partial charge is 0.313 e. The van der Waals surface area contributed by atoms with Crippen molar-refractivity contribution < 1.29 is 38.5 Å². The summed E-state index contributed by atoms with van der Waals surface area (Å²) in [5.41, 5.74) is -0.558. The van der Waals surface area contributed by atoms with Crippen LogP contribution < -0.4 is 0 Å². The first kappa shape index (κ1) is 38.1. The largest absolute Gasteiger partial charge is 0.455 e. The summed E-state index contributed by atoms with van der Waals surface area (Å²) in [5.74, 6) is -3.29. The van der Waals surface area contributed by atoms with Crippen molar-refractivity contribution in [1.29, 1.82) is 0 Å². The minimum atomic E-state index is -1.27. The molecule has 4 heterocycles. The fourth-order valence-electron chi connectivity index (χ4n) is 7.99. The highest BCUT2D eigenvalue weighted by Crippen LogP contribution is 2.60. The highest BCUT2D eigenvalue weighted by molar-refractivity contribution is 9.09. The number of hydrogen-bond donors (Lipinski definition) is 1. The Balaban J connectivity index is 1.44. The van der Waals surface area contributed by atoms with Crippen molar-refractivity contribution in [2.75, 3.05) is 66.1 Å². The molecule has 4 saturated heterocycles. The maximum absolute atomic E-state index is 14.6. The highest BCUT2D eigenvalue weighted by Gasteiger charge is 2.77. The quantitative estimate of drug-likeness (QED) is 0.145. The van der Waals surface area contributed by atoms with Gasteiger partial charge in [-0.1, -0.05) is 58.4 Å². The Morgan fingerprint density at radius 3 is 2.54 bits per heavy atom. The predicted octanol–water partition coefficient (Wildman–Crippen LogP) is 2.56. The SMILES string of the molecule is C=CCCC(=O)N(C)[C@@H](C)[C@@H](OC(=O)[C@H]1[C@@H]2O[C@@]3(CC2Br)[C@@H]1C(=O)N(CCCO)[C@@H]3C(=O)N(CC=C)CCN1CCOCC1)c1ccccc1. The average Bonchev–Trinajstić information content (AvgIpc) is 3.73. The minimum Gasteiger partial charge on any atom is -0.455 e. The number of esters is 1. The maximum atomic E-state index is 14.6. The number of ether oxygens (including phenoxy) is 3. The van der Waals surface area contributed by atoms with E-state index in [9.17, 15) is 24.3 Å². The second-order valence-electron chi connectivity index (χ2n) is 13.6. The fraction of sp³-hybridized carbons (Fsp3) is 0.622. The number of morpholine rings is 1. The van der Waals surface area contributed by atoms with E-state index >= 15 is 0 Å². The van der Waals surface area contributed by atoms with Gasteiger partial charge in [0.1, 0.15) is 17.7 Å². The summed E-state index contributed by atoms with van der Waals surface area (Å²) >= 11 is 3.74. The third kappa shape index (κ3) is 7.57. The van der Waals surface area contributed by atoms with E-state index in [1.54, 1.807) is 29.0 Å². The van der Waals surface area contributed by atoms with E-state index in [4.69, 9.17) is 14.2 Å². The van der Waals surface area contributed by atoms with E-state index in [1.807, 2.05) is 37.3 Å². The Morgan fingerprint density at radius 1 is 1.16 bits per heavy atom. The molecule has 0 aromatic heterocycles. The number of nitrogens with zero attached hydrogens (tertiary/aromatic N) is 4. The summed E-state index contributed by atoms with van der Waals surface area (Å²) in [6.07, 6.45) is 3.25. The molecular formula is C37H51BrN4O8. The Kier molecular flexibility index (Phi) is 12.9. The van der Waals surface area contributed by atoms with E-state index in [-0.39, 0.29) is 55.1 Å². The van der Waals surface area contributed by atoms with Gasteiger partial charge in [-0.2, -0.15) is 0 Å². The highest BCUT2D eigenvalue weighted by atomic mass is 79.9. The summed E-state index contributed by atoms with van der Waals surface area (Å²) in [6.45, 7) is 13.6. The summed E-state index contributed by atoms with van der Waals surface area (Å²) in [4.78, 5) is 63.3. The van der Waals surface area contributed by atoms with Crippen LogP contribution in [0.3, 0.4) is 0 Å². The van der Waals surface area contributed by atoms with Crippen LogP contribution in [0.2, 0.25) is 0 Å². The number of alkyl halides is 1. The van der Waals surface area contributed by atoms with Gasteiger partial charge in [0.25, 0.3) is 0 Å². The predicted molar refractivity (Wildman–Crippen MR) is 190 cm³/mol. The van der Waals surface area contributed by atoms with Gasteiger partial charge in [-0.25, -0.2) is 0 Å². The molecule has 4 aliphatic rings. The summed E-state index contributed by atoms with van der Waals surface area (Å²) < 4.78 is 18.5. The molecule has 3 amide bonds. The van der Waals surface area contributed by atoms with Crippen molar-refractivity contribution in [2.45, 2.75) is 67.3 Å². The zero-order valence-corrected chi connectivity index (χ0v) is 30.7. The first-order valence-electron chi connectivity index (χ1n) is 17.6. The van der Waals surface area contributed by atoms with Crippen molar-refractivity contribution >= 4 is 39.6 Å². The lowest BCUT2D eigenvalue weighted by Crippen LogP contribution is -2.57. The fourth-order valence-corrected chi connectivity index (χ4v) is 8.93. The van der Waals surface area contributed by atoms with Crippen LogP contribution in [0.5, 0.6) is 0 Å². The van der Waals surface area contributed by atoms with Crippen LogP contribution in [0.1, 0.15) is 44.3 Å². The van der Waals surface area contributed by atoms with Gasteiger partial charge in [-0.05, 0) is 31.7 Å². The molecular weight excluding hydrogens is 708 g/mol. The number of carbonyl (C=O) groups is 4. The molecule has 8 atom stereocenters. The molecule has 4 aliphatic heterocycles. The zero-order chi connectivity index (χ0) is 36.0. The van der Waals surface area contributed by atoms with Gasteiger partial charge in [0, 0.05) is 64.2 Å². The van der Waals surface area contributed by atoms with Crippen molar-refractivity contribution in [3.8, 4) is 0 Å². The normalized spacial score (nSPS) is 28.5. The zero-order valence-electron chi connectivity index (χ0n) is 29.2. The third-order valence-corrected chi connectivity index (χ3v) is 11.5. The molecule has 4 fully saturated rings. The maximum Gasteiger partial charge on any atom is 0.313 e. The van der Waals surface area contributed by atoms with Crippen LogP contribution in [0.25, 0.3) is 0 Å². The number of aliphatic hydroxyl groups excluding tert-OH is 1. The van der Waals surface area contributed by atoms with Gasteiger partial charge in [-0.3, -0.25) is 24.1 Å². The Morgan fingerprint density at radius 2 is 1.88 bits per heavy atom. The van der Waals surface area contributed by atoms with Gasteiger partial charge in [0.2, 0.25) is 17.7 Å². The first-order chi connectivity index (χ1) is 24.1. The summed E-state index contributed by atoms with van der Waals surface area (Å²) in [6, 6.07) is 7.73. The molecule has 274 valence electrons. The first-order valence-corrected chi connectivity index (χ1v) is 18.6. The van der Waals surface area contributed by atoms with E-state index in [1.165, 1.54) is 4.90 Å². The number of rotatable bonds is 17. The number of carbonyl (C=O) groups excluding carboxylic acids is 4. The molecule has 1 aromatic rings. The Bertz CT molecular complexity index is 1390. The molecule has 12 nitrogen and oxygen atoms in total. The number of likely N-dealkylation sites (tertiary alicyclic amines) is 1. The molecule has 0 radical (unpaired) electrons. The van der Waals surface area contributed by atoms with Crippen LogP contribution in [-0.4, -0.2) is 143 Å². The standard InChI is InChI=1S/C37H51BrN4O8/c1-5-7-14-28(44)39(4)25(3)31(26-12-9-8-10-13-26)49-36(47)29-30-34(45)42(16-11-21-43)33(37(30)24-27(38)32(29)50-37)35(46)41(15-6-2)18-17-40-19-22-48-23-20-40/h5-6,8-10,12-13,25,27,29-33,43H,1-2,7,11,14-24H2,3-4H3/t25-,27?,29+,30-,31+,32+,33+,37-/m0/s1. The van der Waals surface area contributed by atoms with Gasteiger partial charge in [-0.15, -0.1) is 13.2 Å². The van der Waals surface area contributed by atoms with Crippen molar-refractivity contribution in [2.24, 2.45) is 11.8 Å². The molecule has 13 heteroatoms. The molecule has 1 unspecified atom stereocenters. The number of hydrogen-bond acceptors (Lipinski definition) is 9. The van der Waals surface area contributed by atoms with Crippen molar-refractivity contribution in [3.05, 3.63) is 61.2 Å². The molecule has 5 rings (SSSR count). The molecule has 0 aliphatic carbocycles. The van der Waals surface area contributed by atoms with Crippen LogP contribution in [0.15, 0.2) is 55.6 Å². The van der Waals surface area contributed by atoms with E-state index in [0.717, 1.165) is 13.1 Å². The molecule has 50 heavy (non-hydrogen) atoms.